The minimum Gasteiger partial charge on any atom is -0.439 e. The molecule has 1 saturated heterocycles. The standard InChI is InChI=1S/C18H18N6O3/c25-16(24-10-8-23(9-11-24)15-12-19-6-7-20-15)13-26-18-22-21-17(27-18)14-4-2-1-3-5-14/h1-7,12H,8-11,13H2. The molecule has 0 radical (unpaired) electrons. The van der Waals surface area contributed by atoms with E-state index in [9.17, 15) is 4.79 Å². The monoisotopic (exact) mass is 366 g/mol. The van der Waals surface area contributed by atoms with Crippen molar-refractivity contribution in [2.45, 2.75) is 0 Å². The zero-order valence-electron chi connectivity index (χ0n) is 14.6. The molecule has 1 aliphatic rings. The van der Waals surface area contributed by atoms with Crippen molar-refractivity contribution in [2.75, 3.05) is 37.7 Å². The molecule has 9 nitrogen and oxygen atoms in total. The normalized spacial score (nSPS) is 14.2. The van der Waals surface area contributed by atoms with Gasteiger partial charge < -0.3 is 19.0 Å². The number of rotatable bonds is 5. The minimum absolute atomic E-state index is 0.0135. The average Bonchev–Trinajstić information content (AvgIpc) is 3.22. The molecule has 27 heavy (non-hydrogen) atoms. The van der Waals surface area contributed by atoms with E-state index < -0.39 is 0 Å². The second-order valence-electron chi connectivity index (χ2n) is 5.96. The second kappa shape index (κ2) is 7.81. The van der Waals surface area contributed by atoms with Crippen LogP contribution in [-0.4, -0.2) is 63.8 Å². The van der Waals surface area contributed by atoms with E-state index in [0.29, 0.717) is 32.1 Å². The molecule has 0 spiro atoms. The molecule has 3 aromatic rings. The number of nitrogens with zero attached hydrogens (tertiary/aromatic N) is 6. The molecule has 0 unspecified atom stereocenters. The average molecular weight is 366 g/mol. The van der Waals surface area contributed by atoms with Crippen LogP contribution in [0.3, 0.4) is 0 Å². The van der Waals surface area contributed by atoms with Crippen LogP contribution in [0.2, 0.25) is 0 Å². The smallest absolute Gasteiger partial charge is 0.415 e. The third-order valence-corrected chi connectivity index (χ3v) is 4.25. The molecule has 0 N–H and O–H groups in total. The Balaban J connectivity index is 1.27. The quantitative estimate of drug-likeness (QED) is 0.666. The van der Waals surface area contributed by atoms with Gasteiger partial charge in [0.15, 0.2) is 6.61 Å². The maximum Gasteiger partial charge on any atom is 0.415 e. The molecule has 1 fully saturated rings. The lowest BCUT2D eigenvalue weighted by atomic mass is 10.2. The van der Waals surface area contributed by atoms with Crippen molar-refractivity contribution in [3.8, 4) is 17.5 Å². The predicted octanol–water partition coefficient (Wildman–Crippen LogP) is 1.25. The van der Waals surface area contributed by atoms with Crippen LogP contribution in [0.1, 0.15) is 0 Å². The Bertz CT molecular complexity index is 878. The lowest BCUT2D eigenvalue weighted by Gasteiger charge is -2.35. The summed E-state index contributed by atoms with van der Waals surface area (Å²) < 4.78 is 10.8. The highest BCUT2D eigenvalue weighted by molar-refractivity contribution is 5.78. The zero-order valence-corrected chi connectivity index (χ0v) is 14.6. The molecule has 0 bridgehead atoms. The Kier molecular flexibility index (Phi) is 4.91. The van der Waals surface area contributed by atoms with Crippen LogP contribution in [0.5, 0.6) is 6.08 Å². The largest absolute Gasteiger partial charge is 0.439 e. The molecule has 0 aliphatic carbocycles. The number of carbonyl (C=O) groups excluding carboxylic acids is 1. The Labute approximate surface area is 155 Å². The molecule has 2 aromatic heterocycles. The van der Waals surface area contributed by atoms with Crippen molar-refractivity contribution in [1.82, 2.24) is 25.1 Å². The van der Waals surface area contributed by atoms with E-state index >= 15 is 0 Å². The van der Waals surface area contributed by atoms with Crippen LogP contribution in [0, 0.1) is 0 Å². The number of piperazine rings is 1. The van der Waals surface area contributed by atoms with E-state index in [1.165, 1.54) is 0 Å². The first kappa shape index (κ1) is 17.0. The van der Waals surface area contributed by atoms with E-state index in [1.54, 1.807) is 23.5 Å². The third kappa shape index (κ3) is 4.02. The number of ether oxygens (including phenoxy) is 1. The number of carbonyl (C=O) groups is 1. The Morgan fingerprint density at radius 3 is 2.63 bits per heavy atom. The first-order valence-corrected chi connectivity index (χ1v) is 8.60. The predicted molar refractivity (Wildman–Crippen MR) is 96.1 cm³/mol. The van der Waals surface area contributed by atoms with Crippen molar-refractivity contribution in [3.63, 3.8) is 0 Å². The molecule has 1 aliphatic heterocycles. The lowest BCUT2D eigenvalue weighted by Crippen LogP contribution is -2.50. The van der Waals surface area contributed by atoms with Gasteiger partial charge in [-0.2, -0.15) is 0 Å². The summed E-state index contributed by atoms with van der Waals surface area (Å²) in [6.07, 6.45) is 5.01. The van der Waals surface area contributed by atoms with Crippen LogP contribution < -0.4 is 9.64 Å². The van der Waals surface area contributed by atoms with Crippen LogP contribution in [0.15, 0.2) is 53.3 Å². The van der Waals surface area contributed by atoms with Gasteiger partial charge in [0.1, 0.15) is 5.82 Å². The topological polar surface area (TPSA) is 97.5 Å². The molecule has 4 rings (SSSR count). The summed E-state index contributed by atoms with van der Waals surface area (Å²) in [5.74, 6) is 1.06. The molecule has 9 heteroatoms. The summed E-state index contributed by atoms with van der Waals surface area (Å²) in [6.45, 7) is 2.45. The fourth-order valence-electron chi connectivity index (χ4n) is 2.82. The van der Waals surface area contributed by atoms with Gasteiger partial charge in [0.25, 0.3) is 11.8 Å². The maximum atomic E-state index is 12.4. The number of aromatic nitrogens is 4. The molecule has 1 amide bonds. The summed E-state index contributed by atoms with van der Waals surface area (Å²) in [6, 6.07) is 9.38. The van der Waals surface area contributed by atoms with Gasteiger partial charge in [0.05, 0.1) is 6.20 Å². The molecule has 0 atom stereocenters. The highest BCUT2D eigenvalue weighted by Crippen LogP contribution is 2.20. The van der Waals surface area contributed by atoms with E-state index in [1.807, 2.05) is 30.3 Å². The zero-order chi connectivity index (χ0) is 18.5. The fraction of sp³-hybridized carbons (Fsp3) is 0.278. The van der Waals surface area contributed by atoms with Gasteiger partial charge in [0, 0.05) is 44.1 Å². The van der Waals surface area contributed by atoms with Crippen LogP contribution >= 0.6 is 0 Å². The molecule has 138 valence electrons. The highest BCUT2D eigenvalue weighted by Gasteiger charge is 2.23. The van der Waals surface area contributed by atoms with Gasteiger partial charge in [-0.3, -0.25) is 9.78 Å². The van der Waals surface area contributed by atoms with Crippen molar-refractivity contribution >= 4 is 11.7 Å². The Morgan fingerprint density at radius 2 is 1.89 bits per heavy atom. The van der Waals surface area contributed by atoms with E-state index in [0.717, 1.165) is 11.4 Å². The number of benzene rings is 1. The highest BCUT2D eigenvalue weighted by atomic mass is 16.6. The van der Waals surface area contributed by atoms with Gasteiger partial charge in [-0.15, -0.1) is 5.10 Å². The maximum absolute atomic E-state index is 12.4. The molecular weight excluding hydrogens is 348 g/mol. The van der Waals surface area contributed by atoms with Crippen molar-refractivity contribution in [2.24, 2.45) is 0 Å². The Morgan fingerprint density at radius 1 is 1.07 bits per heavy atom. The van der Waals surface area contributed by atoms with Crippen LogP contribution in [0.4, 0.5) is 5.82 Å². The molecular formula is C18H18N6O3. The fourth-order valence-corrected chi connectivity index (χ4v) is 2.82. The number of hydrogen-bond acceptors (Lipinski definition) is 8. The van der Waals surface area contributed by atoms with Gasteiger partial charge in [-0.05, 0) is 12.1 Å². The first-order chi connectivity index (χ1) is 13.3. The van der Waals surface area contributed by atoms with Crippen molar-refractivity contribution < 1.29 is 13.9 Å². The van der Waals surface area contributed by atoms with Gasteiger partial charge in [-0.1, -0.05) is 23.3 Å². The van der Waals surface area contributed by atoms with Crippen LogP contribution in [0.25, 0.3) is 11.5 Å². The minimum atomic E-state index is -0.137. The number of anilines is 1. The molecule has 0 saturated carbocycles. The van der Waals surface area contributed by atoms with Crippen LogP contribution in [-0.2, 0) is 4.79 Å². The summed E-state index contributed by atoms with van der Waals surface area (Å²) in [5.41, 5.74) is 0.798. The van der Waals surface area contributed by atoms with E-state index in [4.69, 9.17) is 9.15 Å². The van der Waals surface area contributed by atoms with Crippen molar-refractivity contribution in [1.29, 1.82) is 0 Å². The van der Waals surface area contributed by atoms with E-state index in [2.05, 4.69) is 25.1 Å². The summed E-state index contributed by atoms with van der Waals surface area (Å²) in [7, 11) is 0. The van der Waals surface area contributed by atoms with E-state index in [-0.39, 0.29) is 18.6 Å². The summed E-state index contributed by atoms with van der Waals surface area (Å²) in [5, 5.41) is 7.76. The Hall–Kier alpha value is -3.49. The lowest BCUT2D eigenvalue weighted by molar-refractivity contribution is -0.134. The SMILES string of the molecule is O=C(COc1nnc(-c2ccccc2)o1)N1CCN(c2cnccn2)CC1. The number of amides is 1. The summed E-state index contributed by atoms with van der Waals surface area (Å²) >= 11 is 0. The molecule has 3 heterocycles. The van der Waals surface area contributed by atoms with Gasteiger partial charge in [-0.25, -0.2) is 4.98 Å². The van der Waals surface area contributed by atoms with Crippen molar-refractivity contribution in [3.05, 3.63) is 48.9 Å². The van der Waals surface area contributed by atoms with Gasteiger partial charge in [0.2, 0.25) is 0 Å². The summed E-state index contributed by atoms with van der Waals surface area (Å²) in [4.78, 5) is 24.6. The number of hydrogen-bond donors (Lipinski definition) is 0. The molecule has 1 aromatic carbocycles. The second-order valence-corrected chi connectivity index (χ2v) is 5.96. The third-order valence-electron chi connectivity index (χ3n) is 4.25. The first-order valence-electron chi connectivity index (χ1n) is 8.60. The van der Waals surface area contributed by atoms with Gasteiger partial charge >= 0.3 is 6.08 Å².